The van der Waals surface area contributed by atoms with Crippen molar-refractivity contribution in [3.63, 3.8) is 0 Å². The van der Waals surface area contributed by atoms with Crippen molar-refractivity contribution in [1.29, 1.82) is 0 Å². The number of benzene rings is 1. The molecule has 2 aromatic rings. The summed E-state index contributed by atoms with van der Waals surface area (Å²) < 4.78 is 5.43. The van der Waals surface area contributed by atoms with Crippen LogP contribution in [0.1, 0.15) is 12.5 Å². The molecule has 0 aliphatic rings. The van der Waals surface area contributed by atoms with Crippen LogP contribution in [0.25, 0.3) is 11.1 Å². The average molecular weight is 263 g/mol. The van der Waals surface area contributed by atoms with Crippen molar-refractivity contribution < 1.29 is 4.74 Å². The summed E-state index contributed by atoms with van der Waals surface area (Å²) in [4.78, 5) is 4.15. The van der Waals surface area contributed by atoms with Gasteiger partial charge in [0, 0.05) is 28.9 Å². The van der Waals surface area contributed by atoms with E-state index >= 15 is 0 Å². The molecule has 4 heteroatoms. The third-order valence-electron chi connectivity index (χ3n) is 2.60. The molecular weight excluding hydrogens is 248 g/mol. The molecule has 0 spiro atoms. The van der Waals surface area contributed by atoms with Gasteiger partial charge in [-0.3, -0.25) is 4.98 Å². The first-order chi connectivity index (χ1) is 8.74. The summed E-state index contributed by atoms with van der Waals surface area (Å²) in [5.74, 6) is 0.744. The van der Waals surface area contributed by atoms with Gasteiger partial charge in [-0.2, -0.15) is 0 Å². The zero-order valence-corrected chi connectivity index (χ0v) is 10.9. The lowest BCUT2D eigenvalue weighted by atomic mass is 10.1. The smallest absolute Gasteiger partial charge is 0.138 e. The normalized spacial score (nSPS) is 10.4. The number of nitrogens with two attached hydrogens (primary N) is 1. The summed E-state index contributed by atoms with van der Waals surface area (Å²) in [6.07, 6.45) is 3.46. The number of nitrogens with zero attached hydrogens (tertiary/aromatic N) is 1. The van der Waals surface area contributed by atoms with Gasteiger partial charge in [-0.15, -0.1) is 0 Å². The van der Waals surface area contributed by atoms with Crippen LogP contribution in [0, 0.1) is 0 Å². The Kier molecular flexibility index (Phi) is 4.18. The number of rotatable bonds is 4. The van der Waals surface area contributed by atoms with Crippen molar-refractivity contribution in [1.82, 2.24) is 4.98 Å². The number of aromatic nitrogens is 1. The van der Waals surface area contributed by atoms with E-state index < -0.39 is 0 Å². The molecule has 0 fully saturated rings. The Bertz CT molecular complexity index is 543. The largest absolute Gasteiger partial charge is 0.492 e. The minimum atomic E-state index is 0.483. The molecule has 0 atom stereocenters. The zero-order chi connectivity index (χ0) is 13.0. The van der Waals surface area contributed by atoms with Crippen molar-refractivity contribution in [3.05, 3.63) is 47.2 Å². The molecule has 1 heterocycles. The fourth-order valence-corrected chi connectivity index (χ4v) is 2.04. The molecule has 0 saturated carbocycles. The van der Waals surface area contributed by atoms with Crippen molar-refractivity contribution in [3.8, 4) is 16.9 Å². The predicted molar refractivity (Wildman–Crippen MR) is 73.7 cm³/mol. The molecule has 0 amide bonds. The van der Waals surface area contributed by atoms with E-state index in [1.165, 1.54) is 0 Å². The SMILES string of the molecule is CCOc1cncc(-c2ccc(CN)cc2Cl)c1. The molecule has 0 saturated heterocycles. The van der Waals surface area contributed by atoms with Crippen molar-refractivity contribution in [2.45, 2.75) is 13.5 Å². The number of pyridine rings is 1. The van der Waals surface area contributed by atoms with Gasteiger partial charge < -0.3 is 10.5 Å². The molecule has 0 radical (unpaired) electrons. The number of ether oxygens (including phenoxy) is 1. The summed E-state index contributed by atoms with van der Waals surface area (Å²) in [6.45, 7) is 3.04. The van der Waals surface area contributed by atoms with Gasteiger partial charge in [-0.25, -0.2) is 0 Å². The Balaban J connectivity index is 2.38. The standard InChI is InChI=1S/C14H15ClN2O/c1-2-18-12-6-11(8-17-9-12)13-4-3-10(7-16)5-14(13)15/h3-6,8-9H,2,7,16H2,1H3. The first kappa shape index (κ1) is 12.9. The molecular formula is C14H15ClN2O. The highest BCUT2D eigenvalue weighted by Crippen LogP contribution is 2.30. The Hall–Kier alpha value is -1.58. The predicted octanol–water partition coefficient (Wildman–Crippen LogP) is 3.26. The number of hydrogen-bond acceptors (Lipinski definition) is 3. The molecule has 0 aliphatic heterocycles. The van der Waals surface area contributed by atoms with Gasteiger partial charge in [-0.1, -0.05) is 23.7 Å². The summed E-state index contributed by atoms with van der Waals surface area (Å²) in [6, 6.07) is 7.73. The second kappa shape index (κ2) is 5.85. The van der Waals surface area contributed by atoms with Crippen LogP contribution in [0.5, 0.6) is 5.75 Å². The number of hydrogen-bond donors (Lipinski definition) is 1. The van der Waals surface area contributed by atoms with Crippen LogP contribution in [0.4, 0.5) is 0 Å². The lowest BCUT2D eigenvalue weighted by Gasteiger charge is -2.08. The molecule has 18 heavy (non-hydrogen) atoms. The Morgan fingerprint density at radius 1 is 1.28 bits per heavy atom. The first-order valence-electron chi connectivity index (χ1n) is 5.81. The third-order valence-corrected chi connectivity index (χ3v) is 2.92. The third kappa shape index (κ3) is 2.81. The fraction of sp³-hybridized carbons (Fsp3) is 0.214. The molecule has 1 aromatic heterocycles. The van der Waals surface area contributed by atoms with Gasteiger partial charge in [0.1, 0.15) is 5.75 Å². The van der Waals surface area contributed by atoms with E-state index in [1.54, 1.807) is 12.4 Å². The van der Waals surface area contributed by atoms with Crippen LogP contribution in [-0.4, -0.2) is 11.6 Å². The fourth-order valence-electron chi connectivity index (χ4n) is 1.73. The van der Waals surface area contributed by atoms with E-state index in [4.69, 9.17) is 22.1 Å². The minimum absolute atomic E-state index is 0.483. The maximum atomic E-state index is 6.25. The van der Waals surface area contributed by atoms with Crippen molar-refractivity contribution in [2.24, 2.45) is 5.73 Å². The molecule has 0 bridgehead atoms. The highest BCUT2D eigenvalue weighted by atomic mass is 35.5. The van der Waals surface area contributed by atoms with Gasteiger partial charge >= 0.3 is 0 Å². The Morgan fingerprint density at radius 2 is 2.11 bits per heavy atom. The molecule has 2 N–H and O–H groups in total. The van der Waals surface area contributed by atoms with Gasteiger partial charge in [0.15, 0.2) is 0 Å². The summed E-state index contributed by atoms with van der Waals surface area (Å²) >= 11 is 6.25. The van der Waals surface area contributed by atoms with Crippen LogP contribution >= 0.6 is 11.6 Å². The van der Waals surface area contributed by atoms with E-state index in [-0.39, 0.29) is 0 Å². The number of halogens is 1. The molecule has 1 aromatic carbocycles. The maximum absolute atomic E-state index is 6.25. The molecule has 94 valence electrons. The van der Waals surface area contributed by atoms with Crippen LogP contribution < -0.4 is 10.5 Å². The van der Waals surface area contributed by atoms with E-state index in [1.807, 2.05) is 31.2 Å². The highest BCUT2D eigenvalue weighted by molar-refractivity contribution is 6.33. The molecule has 0 unspecified atom stereocenters. The first-order valence-corrected chi connectivity index (χ1v) is 6.19. The second-order valence-corrected chi connectivity index (χ2v) is 4.27. The topological polar surface area (TPSA) is 48.1 Å². The van der Waals surface area contributed by atoms with E-state index in [0.717, 1.165) is 22.4 Å². The zero-order valence-electron chi connectivity index (χ0n) is 10.2. The molecule has 3 nitrogen and oxygen atoms in total. The van der Waals surface area contributed by atoms with Gasteiger partial charge in [0.25, 0.3) is 0 Å². The average Bonchev–Trinajstić information content (AvgIpc) is 2.39. The Morgan fingerprint density at radius 3 is 2.78 bits per heavy atom. The van der Waals surface area contributed by atoms with Crippen LogP contribution in [0.15, 0.2) is 36.7 Å². The molecule has 2 rings (SSSR count). The summed E-state index contributed by atoms with van der Waals surface area (Å²) in [5.41, 5.74) is 8.46. The van der Waals surface area contributed by atoms with Gasteiger partial charge in [-0.05, 0) is 24.6 Å². The van der Waals surface area contributed by atoms with E-state index in [2.05, 4.69) is 4.98 Å². The minimum Gasteiger partial charge on any atom is -0.492 e. The van der Waals surface area contributed by atoms with Crippen LogP contribution in [0.3, 0.4) is 0 Å². The van der Waals surface area contributed by atoms with Crippen LogP contribution in [0.2, 0.25) is 5.02 Å². The van der Waals surface area contributed by atoms with Crippen molar-refractivity contribution >= 4 is 11.6 Å². The molecule has 0 aliphatic carbocycles. The van der Waals surface area contributed by atoms with E-state index in [9.17, 15) is 0 Å². The highest BCUT2D eigenvalue weighted by Gasteiger charge is 2.06. The van der Waals surface area contributed by atoms with Gasteiger partial charge in [0.05, 0.1) is 12.8 Å². The Labute approximate surface area is 112 Å². The lowest BCUT2D eigenvalue weighted by Crippen LogP contribution is -1.96. The van der Waals surface area contributed by atoms with Crippen molar-refractivity contribution in [2.75, 3.05) is 6.61 Å². The van der Waals surface area contributed by atoms with E-state index in [0.29, 0.717) is 18.2 Å². The summed E-state index contributed by atoms with van der Waals surface area (Å²) in [5, 5.41) is 0.674. The second-order valence-electron chi connectivity index (χ2n) is 3.86. The quantitative estimate of drug-likeness (QED) is 0.920. The van der Waals surface area contributed by atoms with Crippen LogP contribution in [-0.2, 0) is 6.54 Å². The maximum Gasteiger partial charge on any atom is 0.138 e. The van der Waals surface area contributed by atoms with Gasteiger partial charge in [0.2, 0.25) is 0 Å². The summed E-state index contributed by atoms with van der Waals surface area (Å²) in [7, 11) is 0. The monoisotopic (exact) mass is 262 g/mol. The lowest BCUT2D eigenvalue weighted by molar-refractivity contribution is 0.339.